The van der Waals surface area contributed by atoms with Crippen LogP contribution in [0.5, 0.6) is 5.75 Å². The molecule has 0 atom stereocenters. The molecule has 6 heteroatoms. The Morgan fingerprint density at radius 1 is 0.933 bits per heavy atom. The van der Waals surface area contributed by atoms with Crippen LogP contribution >= 0.6 is 0 Å². The molecule has 156 valence electrons. The zero-order valence-corrected chi connectivity index (χ0v) is 17.8. The lowest BCUT2D eigenvalue weighted by molar-refractivity contribution is -0.133. The number of hydrogen-bond acceptors (Lipinski definition) is 4. The minimum absolute atomic E-state index is 0.0312. The quantitative estimate of drug-likeness (QED) is 0.653. The summed E-state index contributed by atoms with van der Waals surface area (Å²) in [4.78, 5) is 16.8. The molecule has 0 spiro atoms. The van der Waals surface area contributed by atoms with Gasteiger partial charge in [0, 0.05) is 26.2 Å². The van der Waals surface area contributed by atoms with Crippen molar-refractivity contribution in [2.45, 2.75) is 20.8 Å². The fourth-order valence-corrected chi connectivity index (χ4v) is 3.96. The van der Waals surface area contributed by atoms with Crippen LogP contribution < -0.4 is 9.64 Å². The number of amides is 1. The van der Waals surface area contributed by atoms with Crippen molar-refractivity contribution in [2.75, 3.05) is 37.7 Å². The maximum atomic E-state index is 12.6. The van der Waals surface area contributed by atoms with Crippen molar-refractivity contribution >= 4 is 11.6 Å². The summed E-state index contributed by atoms with van der Waals surface area (Å²) in [7, 11) is 0. The molecular weight excluding hydrogens is 376 g/mol. The molecule has 1 fully saturated rings. The van der Waals surface area contributed by atoms with Crippen molar-refractivity contribution in [3.63, 3.8) is 0 Å². The van der Waals surface area contributed by atoms with Gasteiger partial charge in [-0.3, -0.25) is 4.79 Å². The van der Waals surface area contributed by atoms with Gasteiger partial charge in [0.05, 0.1) is 22.8 Å². The summed E-state index contributed by atoms with van der Waals surface area (Å²) >= 11 is 0. The van der Waals surface area contributed by atoms with Crippen LogP contribution in [0.2, 0.25) is 0 Å². The van der Waals surface area contributed by atoms with Crippen LogP contribution in [0.25, 0.3) is 5.69 Å². The minimum atomic E-state index is 0.0312. The third-order valence-electron chi connectivity index (χ3n) is 5.59. The fraction of sp³-hybridized carbons (Fsp3) is 0.333. The number of hydrogen-bond donors (Lipinski definition) is 0. The van der Waals surface area contributed by atoms with Crippen LogP contribution in [-0.2, 0) is 4.79 Å². The van der Waals surface area contributed by atoms with E-state index < -0.39 is 0 Å². The molecule has 0 N–H and O–H groups in total. The summed E-state index contributed by atoms with van der Waals surface area (Å²) < 4.78 is 7.66. The molecule has 3 aromatic rings. The lowest BCUT2D eigenvalue weighted by Crippen LogP contribution is -2.50. The second-order valence-electron chi connectivity index (χ2n) is 7.74. The number of carbonyl (C=O) groups excluding carboxylic acids is 1. The highest BCUT2D eigenvalue weighted by atomic mass is 16.5. The van der Waals surface area contributed by atoms with Crippen molar-refractivity contribution in [2.24, 2.45) is 0 Å². The van der Waals surface area contributed by atoms with Crippen molar-refractivity contribution in [1.82, 2.24) is 14.7 Å². The molecule has 0 unspecified atom stereocenters. The van der Waals surface area contributed by atoms with Gasteiger partial charge in [0.25, 0.3) is 5.91 Å². The Labute approximate surface area is 177 Å². The van der Waals surface area contributed by atoms with E-state index in [1.54, 1.807) is 0 Å². The van der Waals surface area contributed by atoms with E-state index in [0.29, 0.717) is 13.1 Å². The van der Waals surface area contributed by atoms with E-state index in [1.165, 1.54) is 11.3 Å². The molecule has 0 saturated carbocycles. The van der Waals surface area contributed by atoms with Crippen LogP contribution in [0.4, 0.5) is 5.69 Å². The number of nitrogens with zero attached hydrogens (tertiary/aromatic N) is 4. The third-order valence-corrected chi connectivity index (χ3v) is 5.59. The van der Waals surface area contributed by atoms with Gasteiger partial charge >= 0.3 is 0 Å². The van der Waals surface area contributed by atoms with Crippen LogP contribution in [0.3, 0.4) is 0 Å². The van der Waals surface area contributed by atoms with E-state index in [1.807, 2.05) is 59.0 Å². The highest BCUT2D eigenvalue weighted by Gasteiger charge is 2.25. The molecule has 1 aromatic heterocycles. The standard InChI is InChI=1S/C24H28N4O2/c1-18-9-11-22(12-10-18)30-17-23(29)26-13-15-27(16-14-26)24-19(2)25-28(20(24)3)21-7-5-4-6-8-21/h4-12H,13-17H2,1-3H3. The first-order valence-electron chi connectivity index (χ1n) is 10.4. The highest BCUT2D eigenvalue weighted by molar-refractivity contribution is 5.78. The summed E-state index contributed by atoms with van der Waals surface area (Å²) in [5.41, 5.74) is 5.54. The van der Waals surface area contributed by atoms with E-state index in [4.69, 9.17) is 9.84 Å². The Kier molecular flexibility index (Phi) is 5.74. The van der Waals surface area contributed by atoms with Gasteiger partial charge in [-0.2, -0.15) is 5.10 Å². The van der Waals surface area contributed by atoms with Gasteiger partial charge in [-0.05, 0) is 45.0 Å². The summed E-state index contributed by atoms with van der Waals surface area (Å²) in [6, 6.07) is 17.9. The molecule has 0 aliphatic carbocycles. The Morgan fingerprint density at radius 3 is 2.27 bits per heavy atom. The average Bonchev–Trinajstić information content (AvgIpc) is 3.08. The minimum Gasteiger partial charge on any atom is -0.484 e. The van der Waals surface area contributed by atoms with Crippen molar-refractivity contribution in [3.05, 3.63) is 71.5 Å². The second kappa shape index (κ2) is 8.61. The van der Waals surface area contributed by atoms with E-state index in [9.17, 15) is 4.79 Å². The van der Waals surface area contributed by atoms with Gasteiger partial charge in [0.1, 0.15) is 5.75 Å². The summed E-state index contributed by atoms with van der Waals surface area (Å²) in [5, 5.41) is 4.75. The Bertz CT molecular complexity index is 1000. The first kappa shape index (κ1) is 20.0. The first-order chi connectivity index (χ1) is 14.5. The van der Waals surface area contributed by atoms with Gasteiger partial charge in [-0.25, -0.2) is 4.68 Å². The Morgan fingerprint density at radius 2 is 1.60 bits per heavy atom. The number of benzene rings is 2. The van der Waals surface area contributed by atoms with Gasteiger partial charge < -0.3 is 14.5 Å². The number of para-hydroxylation sites is 1. The molecule has 1 aliphatic heterocycles. The lowest BCUT2D eigenvalue weighted by Gasteiger charge is -2.36. The van der Waals surface area contributed by atoms with Gasteiger partial charge in [-0.1, -0.05) is 35.9 Å². The van der Waals surface area contributed by atoms with Crippen LogP contribution in [0.15, 0.2) is 54.6 Å². The van der Waals surface area contributed by atoms with Gasteiger partial charge in [0.15, 0.2) is 6.61 Å². The number of carbonyl (C=O) groups is 1. The van der Waals surface area contributed by atoms with E-state index >= 15 is 0 Å². The first-order valence-corrected chi connectivity index (χ1v) is 10.4. The molecule has 1 amide bonds. The Balaban J connectivity index is 1.37. The molecule has 4 rings (SSSR count). The zero-order chi connectivity index (χ0) is 21.1. The number of aryl methyl sites for hydroxylation is 2. The lowest BCUT2D eigenvalue weighted by atomic mass is 10.2. The molecule has 1 aliphatic rings. The predicted molar refractivity (Wildman–Crippen MR) is 119 cm³/mol. The molecular formula is C24H28N4O2. The molecule has 2 aromatic carbocycles. The monoisotopic (exact) mass is 404 g/mol. The highest BCUT2D eigenvalue weighted by Crippen LogP contribution is 2.27. The molecule has 6 nitrogen and oxygen atoms in total. The molecule has 0 bridgehead atoms. The maximum absolute atomic E-state index is 12.6. The fourth-order valence-electron chi connectivity index (χ4n) is 3.96. The van der Waals surface area contributed by atoms with Crippen molar-refractivity contribution in [1.29, 1.82) is 0 Å². The second-order valence-corrected chi connectivity index (χ2v) is 7.74. The number of rotatable bonds is 5. The van der Waals surface area contributed by atoms with E-state index in [2.05, 4.69) is 30.9 Å². The van der Waals surface area contributed by atoms with Crippen molar-refractivity contribution < 1.29 is 9.53 Å². The SMILES string of the molecule is Cc1ccc(OCC(=O)N2CCN(c3c(C)nn(-c4ccccc4)c3C)CC2)cc1. The molecule has 2 heterocycles. The van der Waals surface area contributed by atoms with Gasteiger partial charge in [-0.15, -0.1) is 0 Å². The van der Waals surface area contributed by atoms with E-state index in [-0.39, 0.29) is 12.5 Å². The summed E-state index contributed by atoms with van der Waals surface area (Å²) in [5.74, 6) is 0.760. The Hall–Kier alpha value is -3.28. The maximum Gasteiger partial charge on any atom is 0.260 e. The van der Waals surface area contributed by atoms with Crippen LogP contribution in [0.1, 0.15) is 17.0 Å². The number of ether oxygens (including phenoxy) is 1. The smallest absolute Gasteiger partial charge is 0.260 e. The molecule has 30 heavy (non-hydrogen) atoms. The largest absolute Gasteiger partial charge is 0.484 e. The van der Waals surface area contributed by atoms with Crippen LogP contribution in [-0.4, -0.2) is 53.4 Å². The third kappa shape index (κ3) is 4.17. The normalized spacial score (nSPS) is 14.1. The predicted octanol–water partition coefficient (Wildman–Crippen LogP) is 3.53. The summed E-state index contributed by atoms with van der Waals surface area (Å²) in [6.07, 6.45) is 0. The number of aromatic nitrogens is 2. The topological polar surface area (TPSA) is 50.6 Å². The number of piperazine rings is 1. The molecule has 1 saturated heterocycles. The van der Waals surface area contributed by atoms with Crippen molar-refractivity contribution in [3.8, 4) is 11.4 Å². The molecule has 0 radical (unpaired) electrons. The van der Waals surface area contributed by atoms with Gasteiger partial charge in [0.2, 0.25) is 0 Å². The summed E-state index contributed by atoms with van der Waals surface area (Å²) in [6.45, 7) is 9.21. The van der Waals surface area contributed by atoms with Crippen LogP contribution in [0, 0.1) is 20.8 Å². The zero-order valence-electron chi connectivity index (χ0n) is 17.8. The average molecular weight is 405 g/mol. The van der Waals surface area contributed by atoms with E-state index in [0.717, 1.165) is 35.9 Å². The number of anilines is 1.